The van der Waals surface area contributed by atoms with E-state index < -0.39 is 0 Å². The summed E-state index contributed by atoms with van der Waals surface area (Å²) in [5.74, 6) is 4.68. The van der Waals surface area contributed by atoms with Gasteiger partial charge in [0.25, 0.3) is 0 Å². The Hall–Kier alpha value is -0.370. The first-order chi connectivity index (χ1) is 14.9. The molecule has 0 amide bonds. The van der Waals surface area contributed by atoms with Crippen LogP contribution < -0.4 is 0 Å². The molecule has 0 radical (unpaired) electrons. The molecule has 4 saturated carbocycles. The van der Waals surface area contributed by atoms with Gasteiger partial charge in [-0.15, -0.1) is 0 Å². The summed E-state index contributed by atoms with van der Waals surface area (Å²) in [7, 11) is 0. The quantitative estimate of drug-likeness (QED) is 0.458. The third-order valence-corrected chi connectivity index (χ3v) is 12.2. The van der Waals surface area contributed by atoms with E-state index in [1.165, 1.54) is 51.4 Å². The minimum absolute atomic E-state index is 0.0718. The second kappa shape index (κ2) is 8.69. The molecule has 4 fully saturated rings. The molecule has 184 valence electrons. The molecule has 0 spiro atoms. The van der Waals surface area contributed by atoms with E-state index in [9.17, 15) is 9.50 Å². The van der Waals surface area contributed by atoms with Crippen molar-refractivity contribution >= 4 is 0 Å². The number of aliphatic hydroxyl groups is 1. The maximum atomic E-state index is 14.2. The van der Waals surface area contributed by atoms with Crippen molar-refractivity contribution in [3.05, 3.63) is 11.4 Å². The van der Waals surface area contributed by atoms with Gasteiger partial charge in [0.2, 0.25) is 0 Å². The topological polar surface area (TPSA) is 20.2 Å². The lowest BCUT2D eigenvalue weighted by atomic mass is 9.48. The predicted octanol–water partition coefficient (Wildman–Crippen LogP) is 8.71. The van der Waals surface area contributed by atoms with Crippen LogP contribution in [0.3, 0.4) is 0 Å². The van der Waals surface area contributed by atoms with Gasteiger partial charge in [0.15, 0.2) is 0 Å². The third kappa shape index (κ3) is 3.83. The second-order valence-corrected chi connectivity index (χ2v) is 13.9. The predicted molar refractivity (Wildman–Crippen MR) is 133 cm³/mol. The van der Waals surface area contributed by atoms with Crippen LogP contribution in [0.25, 0.3) is 0 Å². The smallest absolute Gasteiger partial charge is 0.0986 e. The maximum Gasteiger partial charge on any atom is 0.0986 e. The Morgan fingerprint density at radius 2 is 1.50 bits per heavy atom. The lowest BCUT2D eigenvalue weighted by Gasteiger charge is -2.57. The minimum Gasteiger partial charge on any atom is -0.393 e. The van der Waals surface area contributed by atoms with Crippen LogP contribution in [0.4, 0.5) is 4.39 Å². The summed E-state index contributed by atoms with van der Waals surface area (Å²) in [5, 5.41) is 10.8. The van der Waals surface area contributed by atoms with Crippen LogP contribution in [0.15, 0.2) is 11.4 Å². The number of hydrogen-bond acceptors (Lipinski definition) is 1. The lowest BCUT2D eigenvalue weighted by molar-refractivity contribution is -0.0824. The van der Waals surface area contributed by atoms with E-state index in [4.69, 9.17) is 0 Å². The fourth-order valence-corrected chi connectivity index (χ4v) is 9.76. The van der Waals surface area contributed by atoms with E-state index in [0.717, 1.165) is 42.1 Å². The maximum absolute atomic E-state index is 14.2. The lowest BCUT2D eigenvalue weighted by Crippen LogP contribution is -2.50. The molecule has 0 aromatic heterocycles. The first-order valence-electron chi connectivity index (χ1n) is 13.9. The molecular formula is C30H51FO. The fourth-order valence-electron chi connectivity index (χ4n) is 9.76. The second-order valence-electron chi connectivity index (χ2n) is 13.9. The molecule has 0 aromatic carbocycles. The average molecular weight is 447 g/mol. The molecule has 4 rings (SSSR count). The highest BCUT2D eigenvalue weighted by Crippen LogP contribution is 2.70. The summed E-state index contributed by atoms with van der Waals surface area (Å²) < 4.78 is 14.2. The molecule has 0 saturated heterocycles. The van der Waals surface area contributed by atoms with Gasteiger partial charge in [0, 0.05) is 0 Å². The normalized spacial score (nSPS) is 46.4. The largest absolute Gasteiger partial charge is 0.393 e. The Morgan fingerprint density at radius 3 is 2.19 bits per heavy atom. The Balaban J connectivity index is 1.53. The van der Waals surface area contributed by atoms with E-state index >= 15 is 0 Å². The SMILES string of the molecule is CC(C)=C(F)CC[C@H](C)[C@@H]1CC[C@@]2(C)[C@H]3CC[C@H]4[C@H](CC[C@@H](O)C4(C)C)C[C@@H]3CC[C@]12C. The van der Waals surface area contributed by atoms with Crippen molar-refractivity contribution in [3.8, 4) is 0 Å². The molecule has 4 aliphatic carbocycles. The monoisotopic (exact) mass is 446 g/mol. The number of fused-ring (bicyclic) bond motifs is 4. The molecular weight excluding hydrogens is 395 g/mol. The van der Waals surface area contributed by atoms with Crippen molar-refractivity contribution in [2.45, 2.75) is 125 Å². The molecule has 32 heavy (non-hydrogen) atoms. The first kappa shape index (κ1) is 24.7. The van der Waals surface area contributed by atoms with Crippen LogP contribution in [-0.2, 0) is 0 Å². The summed E-state index contributed by atoms with van der Waals surface area (Å²) in [6, 6.07) is 0. The number of hydrogen-bond donors (Lipinski definition) is 1. The highest BCUT2D eigenvalue weighted by atomic mass is 19.1. The molecule has 0 bridgehead atoms. The number of halogens is 1. The number of rotatable bonds is 4. The zero-order chi connectivity index (χ0) is 23.5. The Morgan fingerprint density at radius 1 is 0.875 bits per heavy atom. The summed E-state index contributed by atoms with van der Waals surface area (Å²) in [4.78, 5) is 0. The highest BCUT2D eigenvalue weighted by Gasteiger charge is 2.62. The van der Waals surface area contributed by atoms with E-state index in [1.54, 1.807) is 0 Å². The van der Waals surface area contributed by atoms with Crippen LogP contribution in [-0.4, -0.2) is 11.2 Å². The van der Waals surface area contributed by atoms with Crippen LogP contribution in [0.2, 0.25) is 0 Å². The molecule has 0 unspecified atom stereocenters. The van der Waals surface area contributed by atoms with Gasteiger partial charge in [-0.25, -0.2) is 4.39 Å². The van der Waals surface area contributed by atoms with Gasteiger partial charge in [-0.1, -0.05) is 34.6 Å². The van der Waals surface area contributed by atoms with Crippen molar-refractivity contribution in [1.29, 1.82) is 0 Å². The summed E-state index contributed by atoms with van der Waals surface area (Å²) >= 11 is 0. The Labute approximate surface area is 198 Å². The minimum atomic E-state index is -0.123. The zero-order valence-electron chi connectivity index (χ0n) is 22.1. The molecule has 1 nitrogen and oxygen atoms in total. The van der Waals surface area contributed by atoms with Crippen LogP contribution in [0, 0.1) is 51.8 Å². The summed E-state index contributed by atoms with van der Waals surface area (Å²) in [6.07, 6.45) is 13.3. The number of allylic oxidation sites excluding steroid dienone is 2. The summed E-state index contributed by atoms with van der Waals surface area (Å²) in [5.41, 5.74) is 1.76. The Kier molecular flexibility index (Phi) is 6.72. The average Bonchev–Trinajstić information content (AvgIpc) is 2.87. The van der Waals surface area contributed by atoms with Crippen LogP contribution in [0.1, 0.15) is 119 Å². The Bertz CT molecular complexity index is 720. The molecule has 9 atom stereocenters. The van der Waals surface area contributed by atoms with E-state index in [-0.39, 0.29) is 17.3 Å². The highest BCUT2D eigenvalue weighted by molar-refractivity contribution is 5.12. The molecule has 0 aromatic rings. The molecule has 2 heteroatoms. The van der Waals surface area contributed by atoms with E-state index in [1.807, 2.05) is 13.8 Å². The van der Waals surface area contributed by atoms with Gasteiger partial charge in [-0.05, 0) is 142 Å². The van der Waals surface area contributed by atoms with Crippen molar-refractivity contribution in [1.82, 2.24) is 0 Å². The van der Waals surface area contributed by atoms with Gasteiger partial charge in [0.05, 0.1) is 11.9 Å². The van der Waals surface area contributed by atoms with Crippen LogP contribution >= 0.6 is 0 Å². The van der Waals surface area contributed by atoms with E-state index in [2.05, 4.69) is 34.6 Å². The van der Waals surface area contributed by atoms with Crippen molar-refractivity contribution in [2.75, 3.05) is 0 Å². The number of aliphatic hydroxyl groups excluding tert-OH is 1. The molecule has 1 N–H and O–H groups in total. The molecule has 0 heterocycles. The van der Waals surface area contributed by atoms with Gasteiger partial charge >= 0.3 is 0 Å². The van der Waals surface area contributed by atoms with Crippen molar-refractivity contribution < 1.29 is 9.50 Å². The van der Waals surface area contributed by atoms with Crippen molar-refractivity contribution in [3.63, 3.8) is 0 Å². The van der Waals surface area contributed by atoms with E-state index in [0.29, 0.717) is 29.1 Å². The summed E-state index contributed by atoms with van der Waals surface area (Å²) in [6.45, 7) is 16.2. The molecule has 4 aliphatic rings. The van der Waals surface area contributed by atoms with Crippen molar-refractivity contribution in [2.24, 2.45) is 51.8 Å². The third-order valence-electron chi connectivity index (χ3n) is 12.2. The standard InChI is InChI=1S/C30H51FO/c1-19(2)26(31)12-8-20(3)23-15-17-30(7)25-11-10-24-21(9-13-27(32)28(24,4)5)18-22(25)14-16-29(23,30)6/h20-25,27,32H,8-18H2,1-7H3/t20-,21+,22-,23-,24-,25-,27+,29+,30-/m0/s1. The zero-order valence-corrected chi connectivity index (χ0v) is 22.1. The first-order valence-corrected chi connectivity index (χ1v) is 13.9. The van der Waals surface area contributed by atoms with Crippen LogP contribution in [0.5, 0.6) is 0 Å². The van der Waals surface area contributed by atoms with Gasteiger partial charge in [-0.2, -0.15) is 0 Å². The molecule has 0 aliphatic heterocycles. The van der Waals surface area contributed by atoms with Gasteiger partial charge < -0.3 is 5.11 Å². The van der Waals surface area contributed by atoms with Gasteiger partial charge in [0.1, 0.15) is 0 Å². The fraction of sp³-hybridized carbons (Fsp3) is 0.933. The van der Waals surface area contributed by atoms with Gasteiger partial charge in [-0.3, -0.25) is 0 Å².